The van der Waals surface area contributed by atoms with Crippen LogP contribution in [0.5, 0.6) is 0 Å². The molecule has 0 spiro atoms. The minimum Gasteiger partial charge on any atom is -0.317 e. The zero-order valence-electron chi connectivity index (χ0n) is 9.75. The van der Waals surface area contributed by atoms with Crippen LogP contribution in [-0.2, 0) is 14.6 Å². The Labute approximate surface area is 106 Å². The average molecular weight is 264 g/mol. The fourth-order valence-electron chi connectivity index (χ4n) is 1.16. The lowest BCUT2D eigenvalue weighted by Crippen LogP contribution is -2.21. The lowest BCUT2D eigenvalue weighted by Gasteiger charge is -2.02. The highest BCUT2D eigenvalue weighted by Crippen LogP contribution is 2.12. The zero-order chi connectivity index (χ0) is 13.6. The average Bonchev–Trinajstić information content (AvgIpc) is 2.38. The Morgan fingerprint density at radius 2 is 2.00 bits per heavy atom. The van der Waals surface area contributed by atoms with E-state index in [-0.39, 0.29) is 17.0 Å². The van der Waals surface area contributed by atoms with Crippen LogP contribution in [0.2, 0.25) is 0 Å². The van der Waals surface area contributed by atoms with Crippen molar-refractivity contribution >= 4 is 15.7 Å². The van der Waals surface area contributed by atoms with Gasteiger partial charge in [-0.3, -0.25) is 4.79 Å². The van der Waals surface area contributed by atoms with Crippen LogP contribution in [0.1, 0.15) is 13.3 Å². The standard InChI is InChI=1S/C12H12N2O3S/c1-2-12(15)14-10(8-13)9-18(16,17)11-6-4-3-5-7-11/h3-7,9H,2H2,1H3,(H,14,15). The predicted octanol–water partition coefficient (Wildman–Crippen LogP) is 1.35. The van der Waals surface area contributed by atoms with Crippen molar-refractivity contribution in [3.63, 3.8) is 0 Å². The molecular formula is C12H12N2O3S. The molecule has 0 radical (unpaired) electrons. The van der Waals surface area contributed by atoms with Gasteiger partial charge in [0.25, 0.3) is 0 Å². The summed E-state index contributed by atoms with van der Waals surface area (Å²) in [5, 5.41) is 11.8. The zero-order valence-corrected chi connectivity index (χ0v) is 10.6. The molecule has 1 aromatic carbocycles. The van der Waals surface area contributed by atoms with E-state index in [0.29, 0.717) is 0 Å². The van der Waals surface area contributed by atoms with Crippen molar-refractivity contribution in [1.82, 2.24) is 5.32 Å². The van der Waals surface area contributed by atoms with Gasteiger partial charge in [0.15, 0.2) is 0 Å². The van der Waals surface area contributed by atoms with Crippen molar-refractivity contribution in [1.29, 1.82) is 5.26 Å². The lowest BCUT2D eigenvalue weighted by molar-refractivity contribution is -0.119. The van der Waals surface area contributed by atoms with Crippen molar-refractivity contribution in [2.24, 2.45) is 0 Å². The topological polar surface area (TPSA) is 87.0 Å². The van der Waals surface area contributed by atoms with E-state index in [0.717, 1.165) is 5.41 Å². The maximum absolute atomic E-state index is 11.9. The minimum absolute atomic E-state index is 0.0727. The summed E-state index contributed by atoms with van der Waals surface area (Å²) in [5.74, 6) is -0.411. The molecule has 0 bridgehead atoms. The Hall–Kier alpha value is -2.13. The van der Waals surface area contributed by atoms with E-state index in [2.05, 4.69) is 5.32 Å². The molecular weight excluding hydrogens is 252 g/mol. The number of sulfone groups is 1. The van der Waals surface area contributed by atoms with Crippen molar-refractivity contribution in [3.8, 4) is 6.07 Å². The maximum Gasteiger partial charge on any atom is 0.224 e. The highest BCUT2D eigenvalue weighted by Gasteiger charge is 2.13. The summed E-state index contributed by atoms with van der Waals surface area (Å²) in [6.07, 6.45) is 0.171. The van der Waals surface area contributed by atoms with Gasteiger partial charge in [0, 0.05) is 6.42 Å². The first-order chi connectivity index (χ1) is 8.49. The number of nitriles is 1. The fourth-order valence-corrected chi connectivity index (χ4v) is 2.25. The van der Waals surface area contributed by atoms with Crippen LogP contribution in [0.4, 0.5) is 0 Å². The Kier molecular flexibility index (Phi) is 4.63. The van der Waals surface area contributed by atoms with E-state index in [4.69, 9.17) is 5.26 Å². The molecule has 0 aliphatic carbocycles. The van der Waals surface area contributed by atoms with E-state index in [1.165, 1.54) is 12.1 Å². The molecule has 0 atom stereocenters. The van der Waals surface area contributed by atoms with Crippen molar-refractivity contribution in [3.05, 3.63) is 41.4 Å². The number of carbonyl (C=O) groups excluding carboxylic acids is 1. The summed E-state index contributed by atoms with van der Waals surface area (Å²) in [4.78, 5) is 11.2. The van der Waals surface area contributed by atoms with Gasteiger partial charge in [-0.05, 0) is 12.1 Å². The van der Waals surface area contributed by atoms with E-state index >= 15 is 0 Å². The second-order valence-corrected chi connectivity index (χ2v) is 5.20. The normalized spacial score (nSPS) is 11.7. The molecule has 1 N–H and O–H groups in total. The largest absolute Gasteiger partial charge is 0.317 e. The number of hydrogen-bond acceptors (Lipinski definition) is 4. The quantitative estimate of drug-likeness (QED) is 0.831. The third kappa shape index (κ3) is 3.71. The highest BCUT2D eigenvalue weighted by atomic mass is 32.2. The molecule has 6 heteroatoms. The number of carbonyl (C=O) groups is 1. The van der Waals surface area contributed by atoms with Crippen molar-refractivity contribution in [2.75, 3.05) is 0 Å². The predicted molar refractivity (Wildman–Crippen MR) is 65.8 cm³/mol. The summed E-state index contributed by atoms with van der Waals surface area (Å²) in [6, 6.07) is 9.33. The molecule has 1 aromatic rings. The molecule has 0 fully saturated rings. The van der Waals surface area contributed by atoms with Gasteiger partial charge in [-0.2, -0.15) is 5.26 Å². The SMILES string of the molecule is CCC(=O)NC(C#N)=CS(=O)(=O)c1ccccc1. The van der Waals surface area contributed by atoms with Crippen molar-refractivity contribution in [2.45, 2.75) is 18.2 Å². The summed E-state index contributed by atoms with van der Waals surface area (Å²) >= 11 is 0. The molecule has 94 valence electrons. The third-order valence-electron chi connectivity index (χ3n) is 2.06. The van der Waals surface area contributed by atoms with Crippen molar-refractivity contribution < 1.29 is 13.2 Å². The van der Waals surface area contributed by atoms with Crippen LogP contribution >= 0.6 is 0 Å². The number of nitrogens with zero attached hydrogens (tertiary/aromatic N) is 1. The van der Waals surface area contributed by atoms with Crippen LogP contribution in [0.25, 0.3) is 0 Å². The molecule has 0 aliphatic rings. The monoisotopic (exact) mass is 264 g/mol. The second-order valence-electron chi connectivity index (χ2n) is 3.40. The Bertz CT molecular complexity index is 598. The molecule has 0 heterocycles. The molecule has 5 nitrogen and oxygen atoms in total. The maximum atomic E-state index is 11.9. The van der Waals surface area contributed by atoms with Crippen LogP contribution < -0.4 is 5.32 Å². The molecule has 18 heavy (non-hydrogen) atoms. The number of hydrogen-bond donors (Lipinski definition) is 1. The first-order valence-electron chi connectivity index (χ1n) is 5.21. The summed E-state index contributed by atoms with van der Waals surface area (Å²) < 4.78 is 23.8. The van der Waals surface area contributed by atoms with Gasteiger partial charge >= 0.3 is 0 Å². The number of rotatable bonds is 4. The van der Waals surface area contributed by atoms with Gasteiger partial charge in [0.1, 0.15) is 11.8 Å². The Morgan fingerprint density at radius 3 is 2.50 bits per heavy atom. The second kappa shape index (κ2) is 5.98. The Balaban J connectivity index is 3.07. The van der Waals surface area contributed by atoms with E-state index in [1.54, 1.807) is 31.2 Å². The van der Waals surface area contributed by atoms with Gasteiger partial charge in [-0.15, -0.1) is 0 Å². The molecule has 1 amide bonds. The molecule has 0 saturated carbocycles. The van der Waals surface area contributed by atoms with E-state index in [1.807, 2.05) is 0 Å². The fraction of sp³-hybridized carbons (Fsp3) is 0.167. The summed E-state index contributed by atoms with van der Waals surface area (Å²) in [7, 11) is -3.72. The summed E-state index contributed by atoms with van der Waals surface area (Å²) in [5.41, 5.74) is -0.286. The van der Waals surface area contributed by atoms with Crippen LogP contribution in [0, 0.1) is 11.3 Å². The van der Waals surface area contributed by atoms with Crippen LogP contribution in [0.3, 0.4) is 0 Å². The molecule has 0 unspecified atom stereocenters. The van der Waals surface area contributed by atoms with Gasteiger partial charge in [0.05, 0.1) is 10.3 Å². The third-order valence-corrected chi connectivity index (χ3v) is 3.54. The molecule has 0 aromatic heterocycles. The number of amides is 1. The van der Waals surface area contributed by atoms with Crippen LogP contribution in [0.15, 0.2) is 46.3 Å². The summed E-state index contributed by atoms with van der Waals surface area (Å²) in [6.45, 7) is 1.61. The van der Waals surface area contributed by atoms with E-state index in [9.17, 15) is 13.2 Å². The lowest BCUT2D eigenvalue weighted by atomic mass is 10.4. The minimum atomic E-state index is -3.72. The number of nitrogens with one attached hydrogen (secondary N) is 1. The number of benzene rings is 1. The van der Waals surface area contributed by atoms with Gasteiger partial charge in [-0.1, -0.05) is 25.1 Å². The Morgan fingerprint density at radius 1 is 1.39 bits per heavy atom. The van der Waals surface area contributed by atoms with Gasteiger partial charge in [0.2, 0.25) is 15.7 Å². The first-order valence-corrected chi connectivity index (χ1v) is 6.76. The smallest absolute Gasteiger partial charge is 0.224 e. The first kappa shape index (κ1) is 13.9. The van der Waals surface area contributed by atoms with E-state index < -0.39 is 15.7 Å². The molecule has 0 aliphatic heterocycles. The molecule has 0 saturated heterocycles. The van der Waals surface area contributed by atoms with Gasteiger partial charge < -0.3 is 5.32 Å². The number of allylic oxidation sites excluding steroid dienone is 1. The highest BCUT2D eigenvalue weighted by molar-refractivity contribution is 7.94. The van der Waals surface area contributed by atoms with Gasteiger partial charge in [-0.25, -0.2) is 8.42 Å². The van der Waals surface area contributed by atoms with Crippen LogP contribution in [-0.4, -0.2) is 14.3 Å². The molecule has 1 rings (SSSR count).